The molecule has 0 unspecified atom stereocenters. The van der Waals surface area contributed by atoms with Crippen molar-refractivity contribution in [1.29, 1.82) is 0 Å². The van der Waals surface area contributed by atoms with Gasteiger partial charge in [-0.25, -0.2) is 10.0 Å². The fourth-order valence-electron chi connectivity index (χ4n) is 3.42. The Morgan fingerprint density at radius 1 is 0.972 bits per heavy atom. The normalized spacial score (nSPS) is 15.5. The van der Waals surface area contributed by atoms with E-state index in [1.165, 1.54) is 30.3 Å². The van der Waals surface area contributed by atoms with Gasteiger partial charge in [-0.1, -0.05) is 58.5 Å². The van der Waals surface area contributed by atoms with E-state index < -0.39 is 10.8 Å². The molecule has 0 bridgehead atoms. The Morgan fingerprint density at radius 3 is 2.19 bits per heavy atom. The number of hydrazine groups is 1. The molecule has 0 atom stereocenters. The lowest BCUT2D eigenvalue weighted by atomic mass is 10.1. The standard InChI is InChI=1S/C24H17Cl4N5O3/c1-31(2)15-5-3-13(4-6-15)9-17-23(29-21-12-16(33(35)36)7-8-18(21)26)30-32(24(17)34)22-19(27)10-14(25)11-20(22)28/h3-12H,1-2H3,(H,29,30)/b17-9+. The van der Waals surface area contributed by atoms with Gasteiger partial charge in [0.1, 0.15) is 5.69 Å². The highest BCUT2D eigenvalue weighted by Crippen LogP contribution is 2.39. The van der Waals surface area contributed by atoms with Gasteiger partial charge in [0.25, 0.3) is 11.6 Å². The summed E-state index contributed by atoms with van der Waals surface area (Å²) in [5.41, 5.74) is 4.84. The highest BCUT2D eigenvalue weighted by Gasteiger charge is 2.35. The van der Waals surface area contributed by atoms with E-state index in [-0.39, 0.29) is 43.5 Å². The summed E-state index contributed by atoms with van der Waals surface area (Å²) in [4.78, 5) is 30.6. The fraction of sp³-hybridized carbons (Fsp3) is 0.0833. The van der Waals surface area contributed by atoms with Crippen molar-refractivity contribution in [2.45, 2.75) is 0 Å². The predicted molar refractivity (Wildman–Crippen MR) is 146 cm³/mol. The van der Waals surface area contributed by atoms with E-state index in [1.54, 1.807) is 6.08 Å². The van der Waals surface area contributed by atoms with Crippen LogP contribution in [0, 0.1) is 10.1 Å². The van der Waals surface area contributed by atoms with Crippen molar-refractivity contribution >= 4 is 87.0 Å². The maximum atomic E-state index is 13.6. The maximum absolute atomic E-state index is 13.6. The Bertz CT molecular complexity index is 1420. The molecule has 3 aromatic rings. The summed E-state index contributed by atoms with van der Waals surface area (Å²) in [6, 6.07) is 14.2. The second-order valence-electron chi connectivity index (χ2n) is 7.87. The second kappa shape index (κ2) is 10.4. The van der Waals surface area contributed by atoms with E-state index >= 15 is 0 Å². The largest absolute Gasteiger partial charge is 0.378 e. The highest BCUT2D eigenvalue weighted by atomic mass is 35.5. The van der Waals surface area contributed by atoms with Gasteiger partial charge < -0.3 is 4.90 Å². The molecule has 1 aliphatic rings. The first-order valence-corrected chi connectivity index (χ1v) is 11.8. The van der Waals surface area contributed by atoms with Gasteiger partial charge in [-0.2, -0.15) is 0 Å². The number of nitro groups is 1. The summed E-state index contributed by atoms with van der Waals surface area (Å²) in [6.45, 7) is 0. The van der Waals surface area contributed by atoms with Crippen LogP contribution in [0.5, 0.6) is 0 Å². The van der Waals surface area contributed by atoms with E-state index in [2.05, 4.69) is 10.4 Å². The molecule has 4 rings (SSSR count). The van der Waals surface area contributed by atoms with Crippen molar-refractivity contribution in [3.63, 3.8) is 0 Å². The van der Waals surface area contributed by atoms with E-state index in [4.69, 9.17) is 46.4 Å². The lowest BCUT2D eigenvalue weighted by Crippen LogP contribution is -2.36. The van der Waals surface area contributed by atoms with E-state index in [1.807, 2.05) is 43.3 Å². The molecule has 0 spiro atoms. The van der Waals surface area contributed by atoms with Crippen LogP contribution in [0.15, 0.2) is 65.2 Å². The minimum absolute atomic E-state index is 0.0983. The number of carbonyl (C=O) groups is 1. The number of benzene rings is 3. The first-order chi connectivity index (χ1) is 17.0. The second-order valence-corrected chi connectivity index (χ2v) is 9.53. The van der Waals surface area contributed by atoms with Gasteiger partial charge >= 0.3 is 0 Å². The lowest BCUT2D eigenvalue weighted by molar-refractivity contribution is -0.384. The average molecular weight is 565 g/mol. The summed E-state index contributed by atoms with van der Waals surface area (Å²) in [6.07, 6.45) is 1.64. The molecule has 1 saturated heterocycles. The van der Waals surface area contributed by atoms with Gasteiger partial charge in [0.2, 0.25) is 0 Å². The van der Waals surface area contributed by atoms with Crippen LogP contribution in [0.1, 0.15) is 5.56 Å². The number of hydrogen-bond acceptors (Lipinski definition) is 5. The first-order valence-electron chi connectivity index (χ1n) is 10.3. The molecule has 12 heteroatoms. The Kier molecular flexibility index (Phi) is 7.42. The van der Waals surface area contributed by atoms with Crippen LogP contribution in [0.25, 0.3) is 6.08 Å². The molecular weight excluding hydrogens is 548 g/mol. The zero-order valence-electron chi connectivity index (χ0n) is 18.8. The van der Waals surface area contributed by atoms with E-state index in [0.29, 0.717) is 5.02 Å². The third-order valence-corrected chi connectivity index (χ3v) is 6.32. The van der Waals surface area contributed by atoms with E-state index in [9.17, 15) is 14.9 Å². The van der Waals surface area contributed by atoms with Crippen molar-refractivity contribution in [2.24, 2.45) is 4.99 Å². The number of amides is 1. The smallest absolute Gasteiger partial charge is 0.280 e. The van der Waals surface area contributed by atoms with Crippen molar-refractivity contribution in [1.82, 2.24) is 5.43 Å². The Labute approximate surface area is 226 Å². The molecule has 1 aliphatic heterocycles. The topological polar surface area (TPSA) is 91.1 Å². The van der Waals surface area contributed by atoms with Gasteiger partial charge in [0, 0.05) is 36.9 Å². The third kappa shape index (κ3) is 5.27. The number of hydrogen-bond donors (Lipinski definition) is 1. The molecule has 36 heavy (non-hydrogen) atoms. The molecule has 1 amide bonds. The summed E-state index contributed by atoms with van der Waals surface area (Å²) in [5.74, 6) is -0.403. The van der Waals surface area contributed by atoms with Crippen LogP contribution in [-0.2, 0) is 4.79 Å². The van der Waals surface area contributed by atoms with Crippen LogP contribution >= 0.6 is 46.4 Å². The number of nitrogens with one attached hydrogen (secondary N) is 1. The molecule has 184 valence electrons. The summed E-state index contributed by atoms with van der Waals surface area (Å²) < 4.78 is 0. The summed E-state index contributed by atoms with van der Waals surface area (Å²) in [5, 5.41) is 13.1. The van der Waals surface area contributed by atoms with Crippen molar-refractivity contribution < 1.29 is 9.72 Å². The predicted octanol–water partition coefficient (Wildman–Crippen LogP) is 6.94. The van der Waals surface area contributed by atoms with Crippen LogP contribution in [0.2, 0.25) is 20.1 Å². The van der Waals surface area contributed by atoms with Gasteiger partial charge in [-0.3, -0.25) is 20.3 Å². The minimum atomic E-state index is -0.560. The molecule has 0 aromatic heterocycles. The summed E-state index contributed by atoms with van der Waals surface area (Å²) in [7, 11) is 3.84. The van der Waals surface area contributed by atoms with Crippen LogP contribution < -0.4 is 15.3 Å². The van der Waals surface area contributed by atoms with Gasteiger partial charge in [0.05, 0.1) is 31.3 Å². The Balaban J connectivity index is 1.86. The van der Waals surface area contributed by atoms with Crippen LogP contribution in [-0.4, -0.2) is 30.8 Å². The SMILES string of the molecule is CN(C)c1ccc(/C=C2/C(=O)N(c3c(Cl)cc(Cl)cc3Cl)NC2=Nc2cc([N+](=O)[O-])ccc2Cl)cc1. The fourth-order valence-corrected chi connectivity index (χ4v) is 4.56. The molecular formula is C24H17Cl4N5O3. The Morgan fingerprint density at radius 2 is 1.61 bits per heavy atom. The number of rotatable bonds is 5. The molecule has 8 nitrogen and oxygen atoms in total. The zero-order chi connectivity index (χ0) is 26.1. The highest BCUT2D eigenvalue weighted by molar-refractivity contribution is 6.44. The number of aliphatic imine (C=N–C) groups is 1. The number of nitro benzene ring substituents is 1. The number of amidine groups is 1. The lowest BCUT2D eigenvalue weighted by Gasteiger charge is -2.18. The average Bonchev–Trinajstić information content (AvgIpc) is 3.09. The Hall–Kier alpha value is -3.30. The van der Waals surface area contributed by atoms with Crippen molar-refractivity contribution in [3.05, 3.63) is 95.9 Å². The molecule has 1 N–H and O–H groups in total. The van der Waals surface area contributed by atoms with Crippen molar-refractivity contribution in [2.75, 3.05) is 24.0 Å². The molecule has 1 fully saturated rings. The quantitative estimate of drug-likeness (QED) is 0.206. The molecule has 0 saturated carbocycles. The number of anilines is 2. The molecule has 1 heterocycles. The molecule has 0 radical (unpaired) electrons. The van der Waals surface area contributed by atoms with Crippen molar-refractivity contribution in [3.8, 4) is 0 Å². The zero-order valence-corrected chi connectivity index (χ0v) is 21.8. The van der Waals surface area contributed by atoms with Crippen LogP contribution in [0.4, 0.5) is 22.7 Å². The number of nitrogens with zero attached hydrogens (tertiary/aromatic N) is 4. The number of carbonyl (C=O) groups excluding carboxylic acids is 1. The monoisotopic (exact) mass is 563 g/mol. The third-order valence-electron chi connectivity index (χ3n) is 5.20. The summed E-state index contributed by atoms with van der Waals surface area (Å²) >= 11 is 25.0. The van der Waals surface area contributed by atoms with Gasteiger partial charge in [-0.15, -0.1) is 0 Å². The number of non-ortho nitro benzene ring substituents is 1. The minimum Gasteiger partial charge on any atom is -0.378 e. The van der Waals surface area contributed by atoms with Gasteiger partial charge in [0.15, 0.2) is 5.84 Å². The molecule has 0 aliphatic carbocycles. The van der Waals surface area contributed by atoms with E-state index in [0.717, 1.165) is 16.3 Å². The first kappa shape index (κ1) is 25.8. The number of halogens is 4. The molecule has 3 aromatic carbocycles. The van der Waals surface area contributed by atoms with Crippen LogP contribution in [0.3, 0.4) is 0 Å². The maximum Gasteiger partial charge on any atom is 0.280 e. The van der Waals surface area contributed by atoms with Gasteiger partial charge in [-0.05, 0) is 42.0 Å².